The Bertz CT molecular complexity index is 2860. The Morgan fingerprint density at radius 3 is 2.05 bits per heavy atom. The van der Waals surface area contributed by atoms with Crippen molar-refractivity contribution in [2.24, 2.45) is 0 Å². The third kappa shape index (κ3) is 8.12. The van der Waals surface area contributed by atoms with Crippen LogP contribution in [0.25, 0.3) is 72.4 Å². The van der Waals surface area contributed by atoms with E-state index in [0.717, 1.165) is 66.9 Å². The van der Waals surface area contributed by atoms with E-state index in [1.54, 1.807) is 0 Å². The predicted octanol–water partition coefficient (Wildman–Crippen LogP) is 13.4. The van der Waals surface area contributed by atoms with Gasteiger partial charge in [-0.15, -0.1) is 53.6 Å². The topological polar surface area (TPSA) is 56.7 Å². The number of rotatable bonds is 7. The first kappa shape index (κ1) is 41.7. The summed E-state index contributed by atoms with van der Waals surface area (Å²) in [6.07, 6.45) is 3.87. The molecule has 0 fully saturated rings. The monoisotopic (exact) mass is 967 g/mol. The van der Waals surface area contributed by atoms with Crippen LogP contribution >= 0.6 is 0 Å². The van der Waals surface area contributed by atoms with Crippen LogP contribution in [0.5, 0.6) is 0 Å². The van der Waals surface area contributed by atoms with Crippen LogP contribution in [0.1, 0.15) is 61.9 Å². The zero-order chi connectivity index (χ0) is 40.7. The SMILES string of the molecule is C[Si](C)(C)c1ccc(-c2[c-]cccc2)nc1.Cc1nccc2c1oc1c(-c3nc4ccccc4n3-c3c(C(C)C)cc(-c4ccccc4)cc3C(C)C)[c-]cc(C)c12.[Ir]. The molecule has 0 unspecified atom stereocenters. The van der Waals surface area contributed by atoms with Crippen molar-refractivity contribution in [2.75, 3.05) is 0 Å². The Hall–Kier alpha value is -5.46. The maximum atomic E-state index is 6.62. The standard InChI is InChI=1S/C38H34N3O.C14H16NSi.Ir/c1-22(2)30-20-27(26-12-8-7-9-13-26)21-31(23(3)4)35(30)41-33-15-11-10-14-32(33)40-38(41)29-17-16-24(5)34-28-18-19-39-25(6)36(28)42-37(29)34;1-16(2,3)13-9-10-14(15-11-13)12-7-5-4-6-8-12;/h7-16,18-23H,1-6H3;4-7,9-11H,1-3H3;/q2*-1;. The molecule has 0 amide bonds. The zero-order valence-electron chi connectivity index (χ0n) is 35.3. The smallest absolute Gasteiger partial charge is 0.142 e. The van der Waals surface area contributed by atoms with E-state index in [1.807, 2.05) is 49.6 Å². The Morgan fingerprint density at radius 1 is 0.712 bits per heavy atom. The van der Waals surface area contributed by atoms with E-state index >= 15 is 0 Å². The van der Waals surface area contributed by atoms with Gasteiger partial charge in [0.1, 0.15) is 5.58 Å². The second-order valence-corrected chi connectivity index (χ2v) is 21.9. The van der Waals surface area contributed by atoms with Crippen LogP contribution in [-0.4, -0.2) is 27.6 Å². The van der Waals surface area contributed by atoms with Crippen molar-refractivity contribution >= 4 is 46.2 Å². The fourth-order valence-corrected chi connectivity index (χ4v) is 8.83. The summed E-state index contributed by atoms with van der Waals surface area (Å²) < 4.78 is 8.98. The third-order valence-electron chi connectivity index (χ3n) is 11.0. The first-order valence-electron chi connectivity index (χ1n) is 20.2. The van der Waals surface area contributed by atoms with Gasteiger partial charge < -0.3 is 14.0 Å². The summed E-state index contributed by atoms with van der Waals surface area (Å²) in [5.74, 6) is 1.41. The molecule has 0 atom stereocenters. The van der Waals surface area contributed by atoms with Crippen molar-refractivity contribution < 1.29 is 24.5 Å². The maximum absolute atomic E-state index is 6.62. The van der Waals surface area contributed by atoms with Crippen molar-refractivity contribution in [3.63, 3.8) is 0 Å². The number of aryl methyl sites for hydroxylation is 2. The first-order chi connectivity index (χ1) is 27.9. The maximum Gasteiger partial charge on any atom is 0.142 e. The summed E-state index contributed by atoms with van der Waals surface area (Å²) in [5.41, 5.74) is 14.8. The summed E-state index contributed by atoms with van der Waals surface area (Å²) in [6, 6.07) is 47.0. The van der Waals surface area contributed by atoms with Gasteiger partial charge in [-0.05, 0) is 82.2 Å². The molecule has 0 bridgehead atoms. The van der Waals surface area contributed by atoms with E-state index in [0.29, 0.717) is 0 Å². The quantitative estimate of drug-likeness (QED) is 0.118. The Balaban J connectivity index is 0.000000262. The molecule has 4 heterocycles. The second kappa shape index (κ2) is 17.0. The number of pyridine rings is 2. The molecule has 5 nitrogen and oxygen atoms in total. The number of furan rings is 1. The number of hydrogen-bond donors (Lipinski definition) is 0. The number of hydrogen-bond acceptors (Lipinski definition) is 4. The number of aromatic nitrogens is 4. The molecular formula is C52H50IrN4OSi-2. The molecule has 59 heavy (non-hydrogen) atoms. The largest absolute Gasteiger partial charge is 0.499 e. The molecule has 0 aliphatic rings. The fourth-order valence-electron chi connectivity index (χ4n) is 7.79. The normalized spacial score (nSPS) is 11.6. The molecule has 0 aliphatic heterocycles. The average Bonchev–Trinajstić information content (AvgIpc) is 3.82. The molecule has 0 N–H and O–H groups in total. The van der Waals surface area contributed by atoms with Crippen molar-refractivity contribution in [1.82, 2.24) is 19.5 Å². The number of benzene rings is 5. The number of imidazole rings is 1. The van der Waals surface area contributed by atoms with Crippen LogP contribution in [0, 0.1) is 26.0 Å². The van der Waals surface area contributed by atoms with E-state index in [4.69, 9.17) is 9.40 Å². The molecular weight excluding hydrogens is 917 g/mol. The van der Waals surface area contributed by atoms with Crippen molar-refractivity contribution in [3.05, 3.63) is 162 Å². The molecule has 0 aliphatic carbocycles. The van der Waals surface area contributed by atoms with Gasteiger partial charge in [0.15, 0.2) is 0 Å². The van der Waals surface area contributed by atoms with E-state index in [1.165, 1.54) is 33.1 Å². The van der Waals surface area contributed by atoms with Gasteiger partial charge in [-0.3, -0.25) is 9.97 Å². The molecule has 0 spiro atoms. The number of para-hydroxylation sites is 2. The van der Waals surface area contributed by atoms with Gasteiger partial charge in [0.05, 0.1) is 36.2 Å². The summed E-state index contributed by atoms with van der Waals surface area (Å²) >= 11 is 0. The number of fused-ring (bicyclic) bond motifs is 4. The summed E-state index contributed by atoms with van der Waals surface area (Å²) in [6.45, 7) is 20.2. The molecule has 9 rings (SSSR count). The van der Waals surface area contributed by atoms with Gasteiger partial charge >= 0.3 is 0 Å². The number of nitrogens with zero attached hydrogens (tertiary/aromatic N) is 4. The average molecular weight is 967 g/mol. The molecule has 9 aromatic rings. The summed E-state index contributed by atoms with van der Waals surface area (Å²) in [4.78, 5) is 14.3. The summed E-state index contributed by atoms with van der Waals surface area (Å²) in [7, 11) is -1.23. The van der Waals surface area contributed by atoms with E-state index in [2.05, 4.69) is 166 Å². The van der Waals surface area contributed by atoms with Gasteiger partial charge in [-0.2, -0.15) is 0 Å². The third-order valence-corrected chi connectivity index (χ3v) is 13.0. The Morgan fingerprint density at radius 2 is 1.41 bits per heavy atom. The predicted molar refractivity (Wildman–Crippen MR) is 245 cm³/mol. The molecule has 7 heteroatoms. The fraction of sp³-hybridized carbons (Fsp3) is 0.212. The van der Waals surface area contributed by atoms with Crippen LogP contribution in [-0.2, 0) is 20.1 Å². The van der Waals surface area contributed by atoms with E-state index in [9.17, 15) is 0 Å². The van der Waals surface area contributed by atoms with Crippen molar-refractivity contribution in [3.8, 4) is 39.5 Å². The van der Waals surface area contributed by atoms with E-state index in [-0.39, 0.29) is 31.9 Å². The van der Waals surface area contributed by atoms with Crippen LogP contribution in [0.15, 0.2) is 132 Å². The summed E-state index contributed by atoms with van der Waals surface area (Å²) in [5, 5.41) is 3.56. The Kier molecular flexibility index (Phi) is 12.0. The molecule has 5 aromatic carbocycles. The minimum atomic E-state index is -1.23. The van der Waals surface area contributed by atoms with Gasteiger partial charge in [-0.25, -0.2) is 0 Å². The van der Waals surface area contributed by atoms with Gasteiger partial charge in [0.2, 0.25) is 0 Å². The molecule has 1 radical (unpaired) electrons. The van der Waals surface area contributed by atoms with Crippen LogP contribution < -0.4 is 5.19 Å². The molecule has 0 saturated heterocycles. The van der Waals surface area contributed by atoms with Crippen LogP contribution in [0.4, 0.5) is 0 Å². The van der Waals surface area contributed by atoms with Crippen LogP contribution in [0.2, 0.25) is 19.6 Å². The van der Waals surface area contributed by atoms with Crippen molar-refractivity contribution in [2.45, 2.75) is 73.0 Å². The van der Waals surface area contributed by atoms with E-state index < -0.39 is 8.07 Å². The van der Waals surface area contributed by atoms with Gasteiger partial charge in [0, 0.05) is 43.6 Å². The first-order valence-corrected chi connectivity index (χ1v) is 23.7. The zero-order valence-corrected chi connectivity index (χ0v) is 38.7. The second-order valence-electron chi connectivity index (χ2n) is 16.8. The molecule has 4 aromatic heterocycles. The molecule has 0 saturated carbocycles. The Labute approximate surface area is 363 Å². The minimum absolute atomic E-state index is 0. The van der Waals surface area contributed by atoms with Crippen LogP contribution in [0.3, 0.4) is 0 Å². The van der Waals surface area contributed by atoms with Crippen molar-refractivity contribution in [1.29, 1.82) is 0 Å². The van der Waals surface area contributed by atoms with Gasteiger partial charge in [-0.1, -0.05) is 120 Å². The molecule has 299 valence electrons. The van der Waals surface area contributed by atoms with Gasteiger partial charge in [0.25, 0.3) is 0 Å². The minimum Gasteiger partial charge on any atom is -0.499 e.